The molecule has 2 heterocycles. The molecule has 0 saturated carbocycles. The van der Waals surface area contributed by atoms with Gasteiger partial charge in [-0.2, -0.15) is 4.31 Å². The number of amides is 1. The van der Waals surface area contributed by atoms with E-state index in [0.29, 0.717) is 24.5 Å². The van der Waals surface area contributed by atoms with Crippen molar-refractivity contribution in [2.24, 2.45) is 5.92 Å². The molecule has 8 heteroatoms. The minimum atomic E-state index is -3.44. The number of carbonyl (C=O) groups is 1. The fourth-order valence-corrected chi connectivity index (χ4v) is 6.11. The summed E-state index contributed by atoms with van der Waals surface area (Å²) in [4.78, 5) is 17.3. The highest BCUT2D eigenvalue weighted by Gasteiger charge is 2.29. The van der Waals surface area contributed by atoms with Crippen LogP contribution in [0.2, 0.25) is 0 Å². The van der Waals surface area contributed by atoms with Crippen molar-refractivity contribution in [1.82, 2.24) is 14.6 Å². The second-order valence-electron chi connectivity index (χ2n) is 8.15. The molecule has 1 aliphatic heterocycles. The van der Waals surface area contributed by atoms with E-state index in [1.807, 2.05) is 30.5 Å². The molecule has 1 aromatic heterocycles. The van der Waals surface area contributed by atoms with Gasteiger partial charge in [-0.05, 0) is 37.8 Å². The van der Waals surface area contributed by atoms with E-state index in [1.54, 1.807) is 39.9 Å². The summed E-state index contributed by atoms with van der Waals surface area (Å²) >= 11 is 1.54. The molecule has 3 aromatic rings. The molecule has 0 unspecified atom stereocenters. The van der Waals surface area contributed by atoms with Crippen LogP contribution in [0.25, 0.3) is 10.6 Å². The number of rotatable bonds is 7. The third-order valence-corrected chi connectivity index (χ3v) is 8.59. The van der Waals surface area contributed by atoms with Crippen molar-refractivity contribution in [3.8, 4) is 10.6 Å². The van der Waals surface area contributed by atoms with Crippen LogP contribution in [0.1, 0.15) is 24.1 Å². The van der Waals surface area contributed by atoms with Crippen LogP contribution in [0.3, 0.4) is 0 Å². The molecule has 32 heavy (non-hydrogen) atoms. The van der Waals surface area contributed by atoms with Crippen LogP contribution in [-0.2, 0) is 21.2 Å². The number of aromatic nitrogens is 1. The van der Waals surface area contributed by atoms with Crippen LogP contribution in [0.5, 0.6) is 0 Å². The lowest BCUT2D eigenvalue weighted by atomic mass is 9.98. The quantitative estimate of drug-likeness (QED) is 0.570. The van der Waals surface area contributed by atoms with Gasteiger partial charge in [0.15, 0.2) is 0 Å². The highest BCUT2D eigenvalue weighted by atomic mass is 32.2. The molecule has 1 saturated heterocycles. The number of nitrogens with zero attached hydrogens (tertiary/aromatic N) is 2. The number of nitrogens with one attached hydrogen (secondary N) is 1. The molecule has 1 amide bonds. The minimum Gasteiger partial charge on any atom is -0.355 e. The normalized spacial score (nSPS) is 15.5. The predicted octanol–water partition coefficient (Wildman–Crippen LogP) is 3.88. The Bertz CT molecular complexity index is 1150. The SMILES string of the molecule is Cc1ccc(-c2nc(CC(=O)NCC3CCN(S(=O)(=O)c4ccccc4)CC3)cs2)cc1. The molecule has 6 nitrogen and oxygen atoms in total. The smallest absolute Gasteiger partial charge is 0.243 e. The van der Waals surface area contributed by atoms with Gasteiger partial charge in [0.05, 0.1) is 17.0 Å². The molecular formula is C24H27N3O3S2. The Morgan fingerprint density at radius 3 is 2.47 bits per heavy atom. The van der Waals surface area contributed by atoms with Gasteiger partial charge in [0.1, 0.15) is 5.01 Å². The van der Waals surface area contributed by atoms with E-state index in [-0.39, 0.29) is 18.2 Å². The summed E-state index contributed by atoms with van der Waals surface area (Å²) in [5.41, 5.74) is 3.03. The van der Waals surface area contributed by atoms with Gasteiger partial charge in [0.2, 0.25) is 15.9 Å². The summed E-state index contributed by atoms with van der Waals surface area (Å²) in [6.07, 6.45) is 1.73. The van der Waals surface area contributed by atoms with Gasteiger partial charge in [0.25, 0.3) is 0 Å². The molecule has 0 bridgehead atoms. The number of hydrogen-bond donors (Lipinski definition) is 1. The number of piperidine rings is 1. The zero-order valence-corrected chi connectivity index (χ0v) is 19.7. The number of benzene rings is 2. The Kier molecular flexibility index (Phi) is 7.03. The third-order valence-electron chi connectivity index (χ3n) is 5.73. The summed E-state index contributed by atoms with van der Waals surface area (Å²) in [5, 5.41) is 5.85. The van der Waals surface area contributed by atoms with Gasteiger partial charge in [-0.25, -0.2) is 13.4 Å². The number of aryl methyl sites for hydroxylation is 1. The van der Waals surface area contributed by atoms with E-state index in [0.717, 1.165) is 29.1 Å². The Balaban J connectivity index is 1.24. The van der Waals surface area contributed by atoms with E-state index >= 15 is 0 Å². The van der Waals surface area contributed by atoms with Crippen LogP contribution >= 0.6 is 11.3 Å². The summed E-state index contributed by atoms with van der Waals surface area (Å²) in [5.74, 6) is 0.227. The zero-order chi connectivity index (χ0) is 22.6. The second-order valence-corrected chi connectivity index (χ2v) is 10.9. The number of sulfonamides is 1. The molecule has 4 rings (SSSR count). The number of thiazole rings is 1. The second kappa shape index (κ2) is 9.94. The lowest BCUT2D eigenvalue weighted by molar-refractivity contribution is -0.120. The van der Waals surface area contributed by atoms with Gasteiger partial charge >= 0.3 is 0 Å². The van der Waals surface area contributed by atoms with Crippen molar-refractivity contribution >= 4 is 27.3 Å². The molecule has 0 atom stereocenters. The topological polar surface area (TPSA) is 79.4 Å². The van der Waals surface area contributed by atoms with Crippen LogP contribution in [-0.4, -0.2) is 43.2 Å². The predicted molar refractivity (Wildman–Crippen MR) is 127 cm³/mol. The van der Waals surface area contributed by atoms with E-state index < -0.39 is 10.0 Å². The van der Waals surface area contributed by atoms with Gasteiger partial charge in [0, 0.05) is 30.6 Å². The summed E-state index contributed by atoms with van der Waals surface area (Å²) in [7, 11) is -3.44. The first-order valence-corrected chi connectivity index (χ1v) is 13.1. The van der Waals surface area contributed by atoms with E-state index in [9.17, 15) is 13.2 Å². The van der Waals surface area contributed by atoms with Crippen LogP contribution in [0, 0.1) is 12.8 Å². The maximum Gasteiger partial charge on any atom is 0.243 e. The Morgan fingerprint density at radius 1 is 1.09 bits per heavy atom. The molecular weight excluding hydrogens is 442 g/mol. The fraction of sp³-hybridized carbons (Fsp3) is 0.333. The summed E-state index contributed by atoms with van der Waals surface area (Å²) in [6, 6.07) is 16.7. The highest BCUT2D eigenvalue weighted by Crippen LogP contribution is 2.25. The molecule has 168 valence electrons. The fourth-order valence-electron chi connectivity index (χ4n) is 3.80. The first kappa shape index (κ1) is 22.6. The standard InChI is InChI=1S/C24H27N3O3S2/c1-18-7-9-20(10-8-18)24-26-21(17-31-24)15-23(28)25-16-19-11-13-27(14-12-19)32(29,30)22-5-3-2-4-6-22/h2-10,17,19H,11-16H2,1H3,(H,25,28). The summed E-state index contributed by atoms with van der Waals surface area (Å²) in [6.45, 7) is 3.56. The zero-order valence-electron chi connectivity index (χ0n) is 18.0. The maximum absolute atomic E-state index is 12.7. The van der Waals surface area contributed by atoms with E-state index in [1.165, 1.54) is 5.56 Å². The van der Waals surface area contributed by atoms with Crippen molar-refractivity contribution in [3.05, 3.63) is 71.2 Å². The van der Waals surface area contributed by atoms with Crippen molar-refractivity contribution in [2.75, 3.05) is 19.6 Å². The van der Waals surface area contributed by atoms with Gasteiger partial charge in [-0.15, -0.1) is 11.3 Å². The lowest BCUT2D eigenvalue weighted by Crippen LogP contribution is -2.41. The average molecular weight is 470 g/mol. The highest BCUT2D eigenvalue weighted by molar-refractivity contribution is 7.89. The number of carbonyl (C=O) groups excluding carboxylic acids is 1. The molecule has 1 aliphatic rings. The Morgan fingerprint density at radius 2 is 1.78 bits per heavy atom. The van der Waals surface area contributed by atoms with Gasteiger partial charge in [-0.1, -0.05) is 48.0 Å². The first-order chi connectivity index (χ1) is 15.4. The minimum absolute atomic E-state index is 0.0508. The van der Waals surface area contributed by atoms with E-state index in [4.69, 9.17) is 0 Å². The molecule has 0 aliphatic carbocycles. The molecule has 2 aromatic carbocycles. The van der Waals surface area contributed by atoms with Gasteiger partial charge < -0.3 is 5.32 Å². The number of hydrogen-bond acceptors (Lipinski definition) is 5. The molecule has 1 fully saturated rings. The summed E-state index contributed by atoms with van der Waals surface area (Å²) < 4.78 is 27.0. The first-order valence-electron chi connectivity index (χ1n) is 10.7. The Labute approximate surface area is 193 Å². The van der Waals surface area contributed by atoms with Crippen molar-refractivity contribution in [3.63, 3.8) is 0 Å². The molecule has 1 N–H and O–H groups in total. The monoisotopic (exact) mass is 469 g/mol. The van der Waals surface area contributed by atoms with Crippen LogP contribution < -0.4 is 5.32 Å². The van der Waals surface area contributed by atoms with Crippen LogP contribution in [0.15, 0.2) is 64.9 Å². The van der Waals surface area contributed by atoms with Gasteiger partial charge in [-0.3, -0.25) is 4.79 Å². The lowest BCUT2D eigenvalue weighted by Gasteiger charge is -2.31. The maximum atomic E-state index is 12.7. The molecule has 0 radical (unpaired) electrons. The Hall–Kier alpha value is -2.55. The van der Waals surface area contributed by atoms with E-state index in [2.05, 4.69) is 22.4 Å². The largest absolute Gasteiger partial charge is 0.355 e. The average Bonchev–Trinajstić information content (AvgIpc) is 3.27. The van der Waals surface area contributed by atoms with Crippen molar-refractivity contribution in [1.29, 1.82) is 0 Å². The van der Waals surface area contributed by atoms with Crippen molar-refractivity contribution in [2.45, 2.75) is 31.1 Å². The van der Waals surface area contributed by atoms with Crippen molar-refractivity contribution < 1.29 is 13.2 Å². The third kappa shape index (κ3) is 5.43. The van der Waals surface area contributed by atoms with Crippen LogP contribution in [0.4, 0.5) is 0 Å². The molecule has 0 spiro atoms.